The smallest absolute Gasteiger partial charge is 0.326 e. The summed E-state index contributed by atoms with van der Waals surface area (Å²) in [5, 5.41) is 13.5. The summed E-state index contributed by atoms with van der Waals surface area (Å²) in [6.45, 7) is 0. The number of carbonyl (C=O) groups is 2. The standard InChI is InChI=1S/C17H12F3N3O2/c18-17(19,20)12-4-2-6-14(8-12)23-16(25)9-15(24)22-13-5-1-3-11(7-13)10-21/h1-8H,9H2,(H,22,24)(H,23,25). The molecule has 0 radical (unpaired) electrons. The number of hydrogen-bond acceptors (Lipinski definition) is 3. The summed E-state index contributed by atoms with van der Waals surface area (Å²) in [5.74, 6) is -1.41. The van der Waals surface area contributed by atoms with Crippen LogP contribution in [-0.2, 0) is 15.8 Å². The number of alkyl halides is 3. The molecule has 0 atom stereocenters. The van der Waals surface area contributed by atoms with E-state index in [1.54, 1.807) is 18.2 Å². The Kier molecular flexibility index (Phi) is 5.39. The van der Waals surface area contributed by atoms with Crippen molar-refractivity contribution in [2.24, 2.45) is 0 Å². The molecule has 0 fully saturated rings. The number of hydrogen-bond donors (Lipinski definition) is 2. The average molecular weight is 347 g/mol. The highest BCUT2D eigenvalue weighted by Gasteiger charge is 2.30. The van der Waals surface area contributed by atoms with Crippen molar-refractivity contribution in [1.82, 2.24) is 0 Å². The minimum Gasteiger partial charge on any atom is -0.326 e. The number of benzene rings is 2. The Balaban J connectivity index is 1.96. The molecule has 2 rings (SSSR count). The van der Waals surface area contributed by atoms with E-state index in [9.17, 15) is 22.8 Å². The lowest BCUT2D eigenvalue weighted by Crippen LogP contribution is -2.21. The fourth-order valence-corrected chi connectivity index (χ4v) is 2.00. The van der Waals surface area contributed by atoms with Crippen LogP contribution in [0.2, 0.25) is 0 Å². The van der Waals surface area contributed by atoms with Gasteiger partial charge in [-0.1, -0.05) is 12.1 Å². The quantitative estimate of drug-likeness (QED) is 0.830. The van der Waals surface area contributed by atoms with Crippen molar-refractivity contribution < 1.29 is 22.8 Å². The fourth-order valence-electron chi connectivity index (χ4n) is 2.00. The van der Waals surface area contributed by atoms with Crippen LogP contribution >= 0.6 is 0 Å². The number of amides is 2. The summed E-state index contributed by atoms with van der Waals surface area (Å²) in [6.07, 6.45) is -5.10. The van der Waals surface area contributed by atoms with Gasteiger partial charge >= 0.3 is 6.18 Å². The molecule has 5 nitrogen and oxygen atoms in total. The molecule has 0 saturated heterocycles. The Morgan fingerprint density at radius 1 is 0.960 bits per heavy atom. The van der Waals surface area contributed by atoms with Crippen molar-refractivity contribution in [3.05, 3.63) is 59.7 Å². The molecular weight excluding hydrogens is 335 g/mol. The summed E-state index contributed by atoms with van der Waals surface area (Å²) in [5.41, 5.74) is -0.274. The van der Waals surface area contributed by atoms with Gasteiger partial charge in [-0.05, 0) is 36.4 Å². The van der Waals surface area contributed by atoms with E-state index in [0.717, 1.165) is 18.2 Å². The molecule has 8 heteroatoms. The molecule has 0 aliphatic heterocycles. The molecule has 0 aliphatic rings. The van der Waals surface area contributed by atoms with Gasteiger partial charge < -0.3 is 10.6 Å². The summed E-state index contributed by atoms with van der Waals surface area (Å²) in [6, 6.07) is 12.1. The highest BCUT2D eigenvalue weighted by Crippen LogP contribution is 2.30. The predicted octanol–water partition coefficient (Wildman–Crippen LogP) is 3.54. The summed E-state index contributed by atoms with van der Waals surface area (Å²) >= 11 is 0. The van der Waals surface area contributed by atoms with E-state index >= 15 is 0 Å². The SMILES string of the molecule is N#Cc1cccc(NC(=O)CC(=O)Nc2cccc(C(F)(F)F)c2)c1. The Morgan fingerprint density at radius 3 is 2.08 bits per heavy atom. The van der Waals surface area contributed by atoms with Crippen molar-refractivity contribution >= 4 is 23.2 Å². The van der Waals surface area contributed by atoms with Crippen molar-refractivity contribution in [2.45, 2.75) is 12.6 Å². The molecule has 25 heavy (non-hydrogen) atoms. The average Bonchev–Trinajstić information content (AvgIpc) is 2.54. The Hall–Kier alpha value is -3.34. The zero-order chi connectivity index (χ0) is 18.4. The van der Waals surface area contributed by atoms with E-state index < -0.39 is 30.0 Å². The number of halogens is 3. The van der Waals surface area contributed by atoms with E-state index in [1.165, 1.54) is 12.1 Å². The van der Waals surface area contributed by atoms with Gasteiger partial charge in [0.15, 0.2) is 0 Å². The van der Waals surface area contributed by atoms with Gasteiger partial charge in [-0.3, -0.25) is 9.59 Å². The number of anilines is 2. The topological polar surface area (TPSA) is 82.0 Å². The molecule has 2 N–H and O–H groups in total. The molecular formula is C17H12F3N3O2. The number of nitrogens with one attached hydrogen (secondary N) is 2. The van der Waals surface area contributed by atoms with Crippen LogP contribution in [-0.4, -0.2) is 11.8 Å². The van der Waals surface area contributed by atoms with E-state index in [0.29, 0.717) is 11.3 Å². The third-order valence-corrected chi connectivity index (χ3v) is 3.07. The van der Waals surface area contributed by atoms with Gasteiger partial charge in [0.2, 0.25) is 11.8 Å². The highest BCUT2D eigenvalue weighted by atomic mass is 19.4. The maximum Gasteiger partial charge on any atom is 0.416 e. The number of carbonyl (C=O) groups excluding carboxylic acids is 2. The highest BCUT2D eigenvalue weighted by molar-refractivity contribution is 6.08. The monoisotopic (exact) mass is 347 g/mol. The minimum absolute atomic E-state index is 0.0564. The van der Waals surface area contributed by atoms with E-state index in [2.05, 4.69) is 10.6 Å². The Bertz CT molecular complexity index is 842. The first kappa shape index (κ1) is 18.0. The normalized spacial score (nSPS) is 10.6. The molecule has 0 bridgehead atoms. The van der Waals surface area contributed by atoms with E-state index in [1.807, 2.05) is 6.07 Å². The lowest BCUT2D eigenvalue weighted by atomic mass is 10.2. The van der Waals surface area contributed by atoms with Crippen molar-refractivity contribution in [3.8, 4) is 6.07 Å². The van der Waals surface area contributed by atoms with Crippen LogP contribution in [0, 0.1) is 11.3 Å². The molecule has 0 aliphatic carbocycles. The second-order valence-corrected chi connectivity index (χ2v) is 5.04. The van der Waals surface area contributed by atoms with Crippen molar-refractivity contribution in [3.63, 3.8) is 0 Å². The number of rotatable bonds is 4. The zero-order valence-electron chi connectivity index (χ0n) is 12.7. The Morgan fingerprint density at radius 2 is 1.52 bits per heavy atom. The fraction of sp³-hybridized carbons (Fsp3) is 0.118. The van der Waals surface area contributed by atoms with E-state index in [-0.39, 0.29) is 5.69 Å². The summed E-state index contributed by atoms with van der Waals surface area (Å²) in [7, 11) is 0. The van der Waals surface area contributed by atoms with Gasteiger partial charge in [-0.15, -0.1) is 0 Å². The van der Waals surface area contributed by atoms with Gasteiger partial charge in [0, 0.05) is 11.4 Å². The first-order valence-corrected chi connectivity index (χ1v) is 7.05. The first-order chi connectivity index (χ1) is 11.8. The maximum atomic E-state index is 12.6. The minimum atomic E-state index is -4.52. The second kappa shape index (κ2) is 7.49. The Labute approximate surface area is 141 Å². The van der Waals surface area contributed by atoms with Gasteiger partial charge in [0.25, 0.3) is 0 Å². The molecule has 0 heterocycles. The molecule has 0 spiro atoms. The van der Waals surface area contributed by atoms with Crippen LogP contribution in [0.15, 0.2) is 48.5 Å². The molecule has 2 amide bonds. The predicted molar refractivity (Wildman–Crippen MR) is 84.5 cm³/mol. The molecule has 0 unspecified atom stereocenters. The zero-order valence-corrected chi connectivity index (χ0v) is 12.7. The lowest BCUT2D eigenvalue weighted by molar-refractivity contribution is -0.137. The lowest BCUT2D eigenvalue weighted by Gasteiger charge is -2.10. The summed E-state index contributed by atoms with van der Waals surface area (Å²) < 4.78 is 37.9. The van der Waals surface area contributed by atoms with Crippen LogP contribution in [0.1, 0.15) is 17.5 Å². The van der Waals surface area contributed by atoms with Gasteiger partial charge in [-0.2, -0.15) is 18.4 Å². The van der Waals surface area contributed by atoms with Crippen LogP contribution in [0.3, 0.4) is 0 Å². The first-order valence-electron chi connectivity index (χ1n) is 7.05. The van der Waals surface area contributed by atoms with Crippen LogP contribution in [0.5, 0.6) is 0 Å². The molecule has 0 aromatic heterocycles. The van der Waals surface area contributed by atoms with E-state index in [4.69, 9.17) is 5.26 Å². The van der Waals surface area contributed by atoms with Gasteiger partial charge in [0.05, 0.1) is 17.2 Å². The maximum absolute atomic E-state index is 12.6. The molecule has 2 aromatic rings. The number of nitrogens with zero attached hydrogens (tertiary/aromatic N) is 1. The van der Waals surface area contributed by atoms with Crippen molar-refractivity contribution in [1.29, 1.82) is 5.26 Å². The molecule has 2 aromatic carbocycles. The molecule has 128 valence electrons. The molecule has 0 saturated carbocycles. The van der Waals surface area contributed by atoms with Crippen LogP contribution in [0.4, 0.5) is 24.5 Å². The van der Waals surface area contributed by atoms with Gasteiger partial charge in [-0.25, -0.2) is 0 Å². The van der Waals surface area contributed by atoms with Gasteiger partial charge in [0.1, 0.15) is 6.42 Å². The van der Waals surface area contributed by atoms with Crippen LogP contribution < -0.4 is 10.6 Å². The number of nitriles is 1. The second-order valence-electron chi connectivity index (χ2n) is 5.04. The third kappa shape index (κ3) is 5.35. The summed E-state index contributed by atoms with van der Waals surface area (Å²) in [4.78, 5) is 23.6. The van der Waals surface area contributed by atoms with Crippen molar-refractivity contribution in [2.75, 3.05) is 10.6 Å². The van der Waals surface area contributed by atoms with Crippen LogP contribution in [0.25, 0.3) is 0 Å². The largest absolute Gasteiger partial charge is 0.416 e. The third-order valence-electron chi connectivity index (χ3n) is 3.07.